The molecule has 1 aliphatic rings. The minimum absolute atomic E-state index is 0.256. The molecule has 0 aromatic rings. The molecule has 3 nitrogen and oxygen atoms in total. The van der Waals surface area contributed by atoms with E-state index in [1.807, 2.05) is 13.8 Å². The highest BCUT2D eigenvalue weighted by Crippen LogP contribution is 1.98. The molecule has 1 rings (SSSR count). The zero-order valence-electron chi connectivity index (χ0n) is 7.30. The van der Waals surface area contributed by atoms with Crippen molar-refractivity contribution in [2.75, 3.05) is 26.3 Å². The lowest BCUT2D eigenvalue weighted by molar-refractivity contribution is -0.0471. The van der Waals surface area contributed by atoms with Crippen LogP contribution in [0.3, 0.4) is 0 Å². The van der Waals surface area contributed by atoms with E-state index < -0.39 is 0 Å². The Labute approximate surface area is 68.1 Å². The molecule has 0 aliphatic carbocycles. The highest BCUT2D eigenvalue weighted by atomic mass is 16.5. The van der Waals surface area contributed by atoms with Crippen LogP contribution in [0.1, 0.15) is 13.8 Å². The molecule has 0 radical (unpaired) electrons. The SMILES string of the molecule is CC(C)OC[C@@H]1CNCCO1. The van der Waals surface area contributed by atoms with Crippen molar-refractivity contribution < 1.29 is 9.47 Å². The molecule has 0 aromatic carbocycles. The summed E-state index contributed by atoms with van der Waals surface area (Å²) < 4.78 is 10.9. The summed E-state index contributed by atoms with van der Waals surface area (Å²) in [5.41, 5.74) is 0. The first kappa shape index (κ1) is 8.97. The number of morpholine rings is 1. The Morgan fingerprint density at radius 3 is 3.00 bits per heavy atom. The van der Waals surface area contributed by atoms with E-state index in [-0.39, 0.29) is 6.10 Å². The lowest BCUT2D eigenvalue weighted by atomic mass is 10.3. The number of hydrogen-bond acceptors (Lipinski definition) is 3. The molecule has 0 saturated carbocycles. The van der Waals surface area contributed by atoms with Gasteiger partial charge in [0.1, 0.15) is 0 Å². The Morgan fingerprint density at radius 1 is 1.64 bits per heavy atom. The lowest BCUT2D eigenvalue weighted by Gasteiger charge is -2.24. The minimum atomic E-state index is 0.256. The van der Waals surface area contributed by atoms with Crippen molar-refractivity contribution in [1.82, 2.24) is 5.32 Å². The average Bonchev–Trinajstić information content (AvgIpc) is 2.03. The van der Waals surface area contributed by atoms with Crippen LogP contribution in [0.4, 0.5) is 0 Å². The topological polar surface area (TPSA) is 30.5 Å². The normalized spacial score (nSPS) is 25.9. The van der Waals surface area contributed by atoms with Crippen molar-refractivity contribution in [3.63, 3.8) is 0 Å². The maximum absolute atomic E-state index is 5.44. The zero-order valence-corrected chi connectivity index (χ0v) is 7.30. The van der Waals surface area contributed by atoms with E-state index in [9.17, 15) is 0 Å². The number of hydrogen-bond donors (Lipinski definition) is 1. The van der Waals surface area contributed by atoms with Crippen LogP contribution in [-0.2, 0) is 9.47 Å². The van der Waals surface area contributed by atoms with Gasteiger partial charge in [-0.05, 0) is 13.8 Å². The van der Waals surface area contributed by atoms with E-state index in [0.29, 0.717) is 12.7 Å². The molecule has 1 heterocycles. The van der Waals surface area contributed by atoms with Crippen molar-refractivity contribution >= 4 is 0 Å². The first-order valence-corrected chi connectivity index (χ1v) is 4.23. The monoisotopic (exact) mass is 159 g/mol. The maximum Gasteiger partial charge on any atom is 0.0933 e. The summed E-state index contributed by atoms with van der Waals surface area (Å²) in [6.45, 7) is 7.49. The molecular weight excluding hydrogens is 142 g/mol. The average molecular weight is 159 g/mol. The number of nitrogens with one attached hydrogen (secondary N) is 1. The first-order chi connectivity index (χ1) is 5.29. The van der Waals surface area contributed by atoms with Crippen molar-refractivity contribution in [2.45, 2.75) is 26.1 Å². The van der Waals surface area contributed by atoms with Crippen LogP contribution in [0.2, 0.25) is 0 Å². The predicted octanol–water partition coefficient (Wildman–Crippen LogP) is 0.400. The van der Waals surface area contributed by atoms with E-state index in [1.165, 1.54) is 0 Å². The second-order valence-corrected chi connectivity index (χ2v) is 3.08. The second-order valence-electron chi connectivity index (χ2n) is 3.08. The molecular formula is C8H17NO2. The van der Waals surface area contributed by atoms with Gasteiger partial charge in [-0.15, -0.1) is 0 Å². The Bertz CT molecular complexity index is 100. The fourth-order valence-electron chi connectivity index (χ4n) is 1.03. The van der Waals surface area contributed by atoms with Gasteiger partial charge >= 0.3 is 0 Å². The molecule has 1 aliphatic heterocycles. The summed E-state index contributed by atoms with van der Waals surface area (Å²) in [6.07, 6.45) is 0.562. The van der Waals surface area contributed by atoms with E-state index in [1.54, 1.807) is 0 Å². The fraction of sp³-hybridized carbons (Fsp3) is 1.00. The molecule has 0 aromatic heterocycles. The highest BCUT2D eigenvalue weighted by molar-refractivity contribution is 4.66. The van der Waals surface area contributed by atoms with Crippen LogP contribution in [0.25, 0.3) is 0 Å². The van der Waals surface area contributed by atoms with Gasteiger partial charge in [0.2, 0.25) is 0 Å². The number of ether oxygens (including phenoxy) is 2. The van der Waals surface area contributed by atoms with Crippen molar-refractivity contribution in [1.29, 1.82) is 0 Å². The van der Waals surface area contributed by atoms with Crippen LogP contribution in [0.5, 0.6) is 0 Å². The Hall–Kier alpha value is -0.120. The van der Waals surface area contributed by atoms with Crippen molar-refractivity contribution in [3.05, 3.63) is 0 Å². The molecule has 0 spiro atoms. The van der Waals surface area contributed by atoms with E-state index in [4.69, 9.17) is 9.47 Å². The van der Waals surface area contributed by atoms with Gasteiger partial charge in [0, 0.05) is 13.1 Å². The van der Waals surface area contributed by atoms with Crippen LogP contribution < -0.4 is 5.32 Å². The molecule has 1 fully saturated rings. The van der Waals surface area contributed by atoms with Crippen LogP contribution in [0, 0.1) is 0 Å². The molecule has 66 valence electrons. The third-order valence-corrected chi connectivity index (χ3v) is 1.62. The first-order valence-electron chi connectivity index (χ1n) is 4.23. The zero-order chi connectivity index (χ0) is 8.10. The van der Waals surface area contributed by atoms with Gasteiger partial charge in [-0.3, -0.25) is 0 Å². The summed E-state index contributed by atoms with van der Waals surface area (Å²) >= 11 is 0. The summed E-state index contributed by atoms with van der Waals surface area (Å²) in [7, 11) is 0. The summed E-state index contributed by atoms with van der Waals surface area (Å²) in [4.78, 5) is 0. The van der Waals surface area contributed by atoms with E-state index in [0.717, 1.165) is 19.7 Å². The standard InChI is InChI=1S/C8H17NO2/c1-7(2)11-6-8-5-9-3-4-10-8/h7-9H,3-6H2,1-2H3/t8-/m0/s1. The molecule has 1 N–H and O–H groups in total. The van der Waals surface area contributed by atoms with Gasteiger partial charge in [-0.2, -0.15) is 0 Å². The molecule has 11 heavy (non-hydrogen) atoms. The molecule has 1 saturated heterocycles. The van der Waals surface area contributed by atoms with Crippen molar-refractivity contribution in [2.24, 2.45) is 0 Å². The Morgan fingerprint density at radius 2 is 2.45 bits per heavy atom. The summed E-state index contributed by atoms with van der Waals surface area (Å²) in [6, 6.07) is 0. The minimum Gasteiger partial charge on any atom is -0.376 e. The van der Waals surface area contributed by atoms with Gasteiger partial charge in [0.05, 0.1) is 25.4 Å². The smallest absolute Gasteiger partial charge is 0.0933 e. The summed E-state index contributed by atoms with van der Waals surface area (Å²) in [5.74, 6) is 0. The summed E-state index contributed by atoms with van der Waals surface area (Å²) in [5, 5.41) is 3.25. The molecule has 3 heteroatoms. The Kier molecular flexibility index (Phi) is 3.83. The van der Waals surface area contributed by atoms with Gasteiger partial charge in [-0.1, -0.05) is 0 Å². The van der Waals surface area contributed by atoms with Crippen LogP contribution >= 0.6 is 0 Å². The lowest BCUT2D eigenvalue weighted by Crippen LogP contribution is -2.41. The van der Waals surface area contributed by atoms with Gasteiger partial charge in [0.25, 0.3) is 0 Å². The quantitative estimate of drug-likeness (QED) is 0.646. The molecule has 0 unspecified atom stereocenters. The highest BCUT2D eigenvalue weighted by Gasteiger charge is 2.13. The third-order valence-electron chi connectivity index (χ3n) is 1.62. The largest absolute Gasteiger partial charge is 0.376 e. The number of rotatable bonds is 3. The van der Waals surface area contributed by atoms with E-state index in [2.05, 4.69) is 5.32 Å². The van der Waals surface area contributed by atoms with Crippen molar-refractivity contribution in [3.8, 4) is 0 Å². The predicted molar refractivity (Wildman–Crippen MR) is 43.7 cm³/mol. The Balaban J connectivity index is 2.05. The third kappa shape index (κ3) is 3.70. The van der Waals surface area contributed by atoms with Crippen LogP contribution in [0.15, 0.2) is 0 Å². The second kappa shape index (κ2) is 4.70. The molecule has 1 atom stereocenters. The van der Waals surface area contributed by atoms with Gasteiger partial charge in [0.15, 0.2) is 0 Å². The molecule has 0 bridgehead atoms. The van der Waals surface area contributed by atoms with E-state index >= 15 is 0 Å². The maximum atomic E-state index is 5.44. The fourth-order valence-corrected chi connectivity index (χ4v) is 1.03. The molecule has 0 amide bonds. The van der Waals surface area contributed by atoms with Crippen LogP contribution in [-0.4, -0.2) is 38.5 Å². The van der Waals surface area contributed by atoms with Gasteiger partial charge < -0.3 is 14.8 Å². The van der Waals surface area contributed by atoms with Gasteiger partial charge in [-0.25, -0.2) is 0 Å².